The van der Waals surface area contributed by atoms with Gasteiger partial charge in [0.15, 0.2) is 0 Å². The zero-order chi connectivity index (χ0) is 15.9. The Morgan fingerprint density at radius 2 is 1.82 bits per heavy atom. The summed E-state index contributed by atoms with van der Waals surface area (Å²) in [5.74, 6) is -0.278. The normalized spacial score (nSPS) is 11.7. The monoisotopic (exact) mass is 303 g/mol. The molecule has 0 aromatic heterocycles. The van der Waals surface area contributed by atoms with E-state index < -0.39 is 12.1 Å². The van der Waals surface area contributed by atoms with Crippen molar-refractivity contribution in [3.8, 4) is 11.5 Å². The van der Waals surface area contributed by atoms with E-state index in [1.54, 1.807) is 42.5 Å². The topological polar surface area (TPSA) is 99.0 Å². The van der Waals surface area contributed by atoms with E-state index in [4.69, 9.17) is 14.9 Å². The molecule has 0 aliphatic carbocycles. The van der Waals surface area contributed by atoms with E-state index in [9.17, 15) is 9.90 Å². The van der Waals surface area contributed by atoms with Crippen LogP contribution in [0.15, 0.2) is 48.5 Å². The fourth-order valence-electron chi connectivity index (χ4n) is 1.80. The van der Waals surface area contributed by atoms with Crippen molar-refractivity contribution in [3.05, 3.63) is 54.1 Å². The number of hydrogen-bond acceptors (Lipinski definition) is 5. The van der Waals surface area contributed by atoms with Gasteiger partial charge in [-0.15, -0.1) is 0 Å². The fraction of sp³-hybridized carbons (Fsp3) is 0.188. The van der Waals surface area contributed by atoms with Gasteiger partial charge in [-0.3, -0.25) is 0 Å². The lowest BCUT2D eigenvalue weighted by Gasteiger charge is -2.12. The second-order valence-corrected chi connectivity index (χ2v) is 4.65. The quantitative estimate of drug-likeness (QED) is 0.624. The molecule has 22 heavy (non-hydrogen) atoms. The summed E-state index contributed by atoms with van der Waals surface area (Å²) < 4.78 is 5.57. The predicted molar refractivity (Wildman–Crippen MR) is 81.5 cm³/mol. The molecule has 0 saturated carbocycles. The zero-order valence-electron chi connectivity index (χ0n) is 11.8. The summed E-state index contributed by atoms with van der Waals surface area (Å²) in [5.41, 5.74) is 0.849. The van der Waals surface area contributed by atoms with Crippen LogP contribution in [0.4, 0.5) is 5.69 Å². The first-order chi connectivity index (χ1) is 10.6. The van der Waals surface area contributed by atoms with Gasteiger partial charge in [-0.05, 0) is 36.4 Å². The van der Waals surface area contributed by atoms with E-state index >= 15 is 0 Å². The number of benzene rings is 2. The van der Waals surface area contributed by atoms with Crippen LogP contribution in [-0.4, -0.2) is 40.5 Å². The molecule has 0 amide bonds. The van der Waals surface area contributed by atoms with Crippen molar-refractivity contribution in [2.75, 3.05) is 18.5 Å². The molecule has 116 valence electrons. The smallest absolute Gasteiger partial charge is 0.339 e. The molecular formula is C16H17NO5. The Balaban J connectivity index is 2.04. The Hall–Kier alpha value is -2.57. The highest BCUT2D eigenvalue weighted by molar-refractivity contribution is 5.90. The fourth-order valence-corrected chi connectivity index (χ4v) is 1.80. The first-order valence-electron chi connectivity index (χ1n) is 6.73. The highest BCUT2D eigenvalue weighted by Gasteiger charge is 2.10. The molecule has 0 heterocycles. The SMILES string of the molecule is O=C(O)c1ccccc1Oc1ccc(NCC(O)CO)cc1. The molecule has 0 radical (unpaired) electrons. The van der Waals surface area contributed by atoms with Crippen molar-refractivity contribution in [2.45, 2.75) is 6.10 Å². The van der Waals surface area contributed by atoms with Crippen molar-refractivity contribution in [3.63, 3.8) is 0 Å². The maximum absolute atomic E-state index is 11.1. The van der Waals surface area contributed by atoms with Crippen molar-refractivity contribution in [1.29, 1.82) is 0 Å². The first kappa shape index (κ1) is 15.8. The number of aromatic carboxylic acids is 1. The van der Waals surface area contributed by atoms with Crippen molar-refractivity contribution in [2.24, 2.45) is 0 Å². The number of anilines is 1. The highest BCUT2D eigenvalue weighted by Crippen LogP contribution is 2.26. The van der Waals surface area contributed by atoms with Crippen LogP contribution >= 0.6 is 0 Å². The molecule has 2 rings (SSSR count). The van der Waals surface area contributed by atoms with Gasteiger partial charge < -0.3 is 25.4 Å². The number of para-hydroxylation sites is 1. The number of ether oxygens (including phenoxy) is 1. The molecule has 2 aromatic rings. The third-order valence-corrected chi connectivity index (χ3v) is 2.95. The first-order valence-corrected chi connectivity index (χ1v) is 6.73. The second-order valence-electron chi connectivity index (χ2n) is 4.65. The van der Waals surface area contributed by atoms with E-state index in [2.05, 4.69) is 5.32 Å². The van der Waals surface area contributed by atoms with E-state index in [-0.39, 0.29) is 24.5 Å². The van der Waals surface area contributed by atoms with Crippen LogP contribution in [0.2, 0.25) is 0 Å². The van der Waals surface area contributed by atoms with Gasteiger partial charge in [0, 0.05) is 12.2 Å². The van der Waals surface area contributed by atoms with Gasteiger partial charge in [0.2, 0.25) is 0 Å². The van der Waals surface area contributed by atoms with Crippen molar-refractivity contribution >= 4 is 11.7 Å². The summed E-state index contributed by atoms with van der Waals surface area (Å²) in [6, 6.07) is 13.3. The van der Waals surface area contributed by atoms with Crippen LogP contribution in [0.25, 0.3) is 0 Å². The molecule has 0 fully saturated rings. The molecule has 4 N–H and O–H groups in total. The van der Waals surface area contributed by atoms with E-state index in [0.717, 1.165) is 5.69 Å². The van der Waals surface area contributed by atoms with Gasteiger partial charge in [0.25, 0.3) is 0 Å². The van der Waals surface area contributed by atoms with Crippen LogP contribution in [-0.2, 0) is 0 Å². The van der Waals surface area contributed by atoms with Crippen LogP contribution in [0.1, 0.15) is 10.4 Å². The average Bonchev–Trinajstić information content (AvgIpc) is 2.54. The van der Waals surface area contributed by atoms with Crippen LogP contribution in [0.3, 0.4) is 0 Å². The molecule has 0 saturated heterocycles. The Kier molecular flexibility index (Phi) is 5.35. The Labute approximate surface area is 127 Å². The molecule has 0 aliphatic heterocycles. The lowest BCUT2D eigenvalue weighted by Crippen LogP contribution is -2.22. The van der Waals surface area contributed by atoms with Gasteiger partial charge >= 0.3 is 5.97 Å². The van der Waals surface area contributed by atoms with Crippen molar-refractivity contribution in [1.82, 2.24) is 0 Å². The van der Waals surface area contributed by atoms with Gasteiger partial charge in [-0.25, -0.2) is 4.79 Å². The summed E-state index contributed by atoms with van der Waals surface area (Å²) in [4.78, 5) is 11.1. The summed E-state index contributed by atoms with van der Waals surface area (Å²) in [6.07, 6.45) is -0.821. The molecule has 0 spiro atoms. The molecule has 2 aromatic carbocycles. The molecule has 6 nitrogen and oxygen atoms in total. The number of carboxylic acid groups (broad SMARTS) is 1. The molecule has 0 bridgehead atoms. The number of nitrogens with one attached hydrogen (secondary N) is 1. The van der Waals surface area contributed by atoms with Gasteiger partial charge in [0.05, 0.1) is 12.7 Å². The number of carbonyl (C=O) groups is 1. The number of carboxylic acids is 1. The van der Waals surface area contributed by atoms with E-state index in [1.807, 2.05) is 0 Å². The number of rotatable bonds is 7. The average molecular weight is 303 g/mol. The third kappa shape index (κ3) is 4.21. The Morgan fingerprint density at radius 1 is 1.14 bits per heavy atom. The van der Waals surface area contributed by atoms with E-state index in [0.29, 0.717) is 5.75 Å². The zero-order valence-corrected chi connectivity index (χ0v) is 11.8. The minimum absolute atomic E-state index is 0.0933. The Morgan fingerprint density at radius 3 is 2.45 bits per heavy atom. The molecule has 1 unspecified atom stereocenters. The number of hydrogen-bond donors (Lipinski definition) is 4. The summed E-state index contributed by atoms with van der Waals surface area (Å²) in [7, 11) is 0. The van der Waals surface area contributed by atoms with Crippen LogP contribution < -0.4 is 10.1 Å². The largest absolute Gasteiger partial charge is 0.478 e. The van der Waals surface area contributed by atoms with Crippen LogP contribution in [0.5, 0.6) is 11.5 Å². The summed E-state index contributed by atoms with van der Waals surface area (Å²) >= 11 is 0. The predicted octanol–water partition coefficient (Wildman–Crippen LogP) is 1.94. The minimum Gasteiger partial charge on any atom is -0.478 e. The standard InChI is InChI=1S/C16H17NO5/c18-10-12(19)9-17-11-5-7-13(8-6-11)22-15-4-2-1-3-14(15)16(20)21/h1-8,12,17-19H,9-10H2,(H,20,21). The molecule has 0 aliphatic rings. The minimum atomic E-state index is -1.05. The summed E-state index contributed by atoms with van der Waals surface area (Å²) in [6.45, 7) is -0.0707. The number of aliphatic hydroxyl groups is 2. The molecule has 1 atom stereocenters. The van der Waals surface area contributed by atoms with Crippen molar-refractivity contribution < 1.29 is 24.9 Å². The highest BCUT2D eigenvalue weighted by atomic mass is 16.5. The lowest BCUT2D eigenvalue weighted by atomic mass is 10.2. The molecule has 6 heteroatoms. The van der Waals surface area contributed by atoms with Gasteiger partial charge in [-0.1, -0.05) is 12.1 Å². The summed E-state index contributed by atoms with van der Waals surface area (Å²) in [5, 5.41) is 30.0. The second kappa shape index (κ2) is 7.44. The lowest BCUT2D eigenvalue weighted by molar-refractivity contribution is 0.0694. The Bertz CT molecular complexity index is 627. The van der Waals surface area contributed by atoms with Gasteiger partial charge in [-0.2, -0.15) is 0 Å². The van der Waals surface area contributed by atoms with Crippen LogP contribution in [0, 0.1) is 0 Å². The third-order valence-electron chi connectivity index (χ3n) is 2.95. The molecular weight excluding hydrogens is 286 g/mol. The maximum Gasteiger partial charge on any atom is 0.339 e. The number of aliphatic hydroxyl groups excluding tert-OH is 2. The maximum atomic E-state index is 11.1. The van der Waals surface area contributed by atoms with Gasteiger partial charge in [0.1, 0.15) is 17.1 Å². The van der Waals surface area contributed by atoms with E-state index in [1.165, 1.54) is 6.07 Å².